The number of alkyl halides is 2. The number of nitrogens with zero attached hydrogens (tertiary/aromatic N) is 1. The van der Waals surface area contributed by atoms with E-state index in [0.717, 1.165) is 26.0 Å². The van der Waals surface area contributed by atoms with Gasteiger partial charge in [0.2, 0.25) is 0 Å². The maximum absolute atomic E-state index is 12.9. The van der Waals surface area contributed by atoms with Gasteiger partial charge in [-0.3, -0.25) is 4.90 Å². The van der Waals surface area contributed by atoms with Crippen LogP contribution in [0.1, 0.15) is 26.7 Å². The molecule has 2 fully saturated rings. The molecular formula is C12H23F2NO. The molecule has 2 atom stereocenters. The van der Waals surface area contributed by atoms with Gasteiger partial charge in [-0.25, -0.2) is 8.78 Å². The van der Waals surface area contributed by atoms with Gasteiger partial charge in [-0.1, -0.05) is 13.8 Å². The van der Waals surface area contributed by atoms with Gasteiger partial charge in [0, 0.05) is 32.2 Å². The lowest BCUT2D eigenvalue weighted by Gasteiger charge is -2.21. The van der Waals surface area contributed by atoms with E-state index in [1.807, 2.05) is 18.7 Å². The van der Waals surface area contributed by atoms with E-state index in [4.69, 9.17) is 4.74 Å². The first-order chi connectivity index (χ1) is 7.65. The molecule has 1 heterocycles. The Morgan fingerprint density at radius 2 is 1.69 bits per heavy atom. The third kappa shape index (κ3) is 3.39. The second kappa shape index (κ2) is 5.92. The summed E-state index contributed by atoms with van der Waals surface area (Å²) < 4.78 is 30.9. The van der Waals surface area contributed by atoms with Gasteiger partial charge >= 0.3 is 0 Å². The summed E-state index contributed by atoms with van der Waals surface area (Å²) in [5.41, 5.74) is 0.207. The second-order valence-electron chi connectivity index (χ2n) is 4.66. The third-order valence-corrected chi connectivity index (χ3v) is 3.22. The van der Waals surface area contributed by atoms with E-state index in [2.05, 4.69) is 0 Å². The lowest BCUT2D eigenvalue weighted by atomic mass is 10.1. The average Bonchev–Trinajstić information content (AvgIpc) is 2.93. The minimum Gasteiger partial charge on any atom is -0.384 e. The Morgan fingerprint density at radius 1 is 1.19 bits per heavy atom. The predicted octanol–water partition coefficient (Wildman–Crippen LogP) is 2.43. The molecule has 0 amide bonds. The summed E-state index contributed by atoms with van der Waals surface area (Å²) in [5, 5.41) is 0. The van der Waals surface area contributed by atoms with Crippen LogP contribution in [0.25, 0.3) is 0 Å². The van der Waals surface area contributed by atoms with Gasteiger partial charge in [0.1, 0.15) is 12.3 Å². The molecular weight excluding hydrogens is 212 g/mol. The molecule has 4 heteroatoms. The monoisotopic (exact) mass is 235 g/mol. The first-order valence-electron chi connectivity index (χ1n) is 6.15. The molecule has 2 aliphatic rings. The number of likely N-dealkylation sites (tertiary alicyclic amines) is 1. The first kappa shape index (κ1) is 13.8. The van der Waals surface area contributed by atoms with Crippen molar-refractivity contribution >= 4 is 0 Å². The van der Waals surface area contributed by atoms with Crippen LogP contribution < -0.4 is 0 Å². The Hall–Kier alpha value is -0.220. The summed E-state index contributed by atoms with van der Waals surface area (Å²) in [6, 6.07) is 0. The number of hydrogen-bond acceptors (Lipinski definition) is 2. The van der Waals surface area contributed by atoms with Crippen molar-refractivity contribution in [2.24, 2.45) is 5.41 Å². The SMILES string of the molecule is CC.COCC1(CN2CC(F)C(F)C2)CC1. The van der Waals surface area contributed by atoms with Crippen LogP contribution in [0.15, 0.2) is 0 Å². The third-order valence-electron chi connectivity index (χ3n) is 3.22. The van der Waals surface area contributed by atoms with Crippen LogP contribution in [-0.4, -0.2) is 50.6 Å². The summed E-state index contributed by atoms with van der Waals surface area (Å²) in [6.07, 6.45) is -0.307. The molecule has 1 aliphatic carbocycles. The highest BCUT2D eigenvalue weighted by atomic mass is 19.2. The minimum absolute atomic E-state index is 0.207. The molecule has 16 heavy (non-hydrogen) atoms. The van der Waals surface area contributed by atoms with E-state index in [1.54, 1.807) is 7.11 Å². The zero-order valence-electron chi connectivity index (χ0n) is 10.5. The smallest absolute Gasteiger partial charge is 0.145 e. The van der Waals surface area contributed by atoms with E-state index < -0.39 is 12.3 Å². The summed E-state index contributed by atoms with van der Waals surface area (Å²) in [6.45, 7) is 6.03. The molecule has 0 aromatic carbocycles. The van der Waals surface area contributed by atoms with Gasteiger partial charge in [0.05, 0.1) is 6.61 Å². The van der Waals surface area contributed by atoms with Gasteiger partial charge in [0.15, 0.2) is 0 Å². The fourth-order valence-corrected chi connectivity index (χ4v) is 2.23. The van der Waals surface area contributed by atoms with Crippen molar-refractivity contribution in [3.8, 4) is 0 Å². The fourth-order valence-electron chi connectivity index (χ4n) is 2.23. The minimum atomic E-state index is -1.28. The molecule has 0 N–H and O–H groups in total. The van der Waals surface area contributed by atoms with Crippen LogP contribution in [0, 0.1) is 5.41 Å². The first-order valence-corrected chi connectivity index (χ1v) is 6.15. The van der Waals surface area contributed by atoms with Crippen molar-refractivity contribution in [3.63, 3.8) is 0 Å². The quantitative estimate of drug-likeness (QED) is 0.742. The predicted molar refractivity (Wildman–Crippen MR) is 61.1 cm³/mol. The van der Waals surface area contributed by atoms with Crippen LogP contribution in [0.2, 0.25) is 0 Å². The molecule has 1 saturated carbocycles. The zero-order valence-corrected chi connectivity index (χ0v) is 10.5. The van der Waals surface area contributed by atoms with E-state index >= 15 is 0 Å². The molecule has 96 valence electrons. The molecule has 0 aromatic heterocycles. The van der Waals surface area contributed by atoms with Crippen LogP contribution in [-0.2, 0) is 4.74 Å². The van der Waals surface area contributed by atoms with Crippen LogP contribution >= 0.6 is 0 Å². The normalized spacial score (nSPS) is 32.1. The van der Waals surface area contributed by atoms with Gasteiger partial charge < -0.3 is 4.74 Å². The number of rotatable bonds is 4. The van der Waals surface area contributed by atoms with E-state index in [9.17, 15) is 8.78 Å². The highest BCUT2D eigenvalue weighted by molar-refractivity contribution is 4.98. The number of hydrogen-bond donors (Lipinski definition) is 0. The fraction of sp³-hybridized carbons (Fsp3) is 1.00. The molecule has 0 radical (unpaired) electrons. The molecule has 0 bridgehead atoms. The van der Waals surface area contributed by atoms with Gasteiger partial charge in [-0.15, -0.1) is 0 Å². The van der Waals surface area contributed by atoms with E-state index in [-0.39, 0.29) is 18.5 Å². The Balaban J connectivity index is 0.000000606. The summed E-state index contributed by atoms with van der Waals surface area (Å²) >= 11 is 0. The number of halogens is 2. The number of methoxy groups -OCH3 is 1. The van der Waals surface area contributed by atoms with Crippen molar-refractivity contribution in [1.82, 2.24) is 4.90 Å². The maximum atomic E-state index is 12.9. The summed E-state index contributed by atoms with van der Waals surface area (Å²) in [5.74, 6) is 0. The van der Waals surface area contributed by atoms with Gasteiger partial charge in [-0.2, -0.15) is 0 Å². The maximum Gasteiger partial charge on any atom is 0.145 e. The average molecular weight is 235 g/mol. The van der Waals surface area contributed by atoms with Gasteiger partial charge in [-0.05, 0) is 12.8 Å². The van der Waals surface area contributed by atoms with Crippen molar-refractivity contribution < 1.29 is 13.5 Å². The molecule has 0 aromatic rings. The van der Waals surface area contributed by atoms with Gasteiger partial charge in [0.25, 0.3) is 0 Å². The molecule has 2 rings (SSSR count). The Bertz CT molecular complexity index is 199. The summed E-state index contributed by atoms with van der Waals surface area (Å²) in [4.78, 5) is 1.89. The topological polar surface area (TPSA) is 12.5 Å². The summed E-state index contributed by atoms with van der Waals surface area (Å²) in [7, 11) is 1.68. The van der Waals surface area contributed by atoms with Crippen LogP contribution in [0.4, 0.5) is 8.78 Å². The molecule has 1 saturated heterocycles. The highest BCUT2D eigenvalue weighted by Gasteiger charge is 2.46. The van der Waals surface area contributed by atoms with Crippen molar-refractivity contribution in [1.29, 1.82) is 0 Å². The van der Waals surface area contributed by atoms with E-state index in [1.165, 1.54) is 0 Å². The molecule has 2 nitrogen and oxygen atoms in total. The second-order valence-corrected chi connectivity index (χ2v) is 4.66. The molecule has 2 unspecified atom stereocenters. The molecule has 1 aliphatic heterocycles. The Morgan fingerprint density at radius 3 is 2.06 bits per heavy atom. The van der Waals surface area contributed by atoms with Crippen LogP contribution in [0.3, 0.4) is 0 Å². The Kier molecular flexibility index (Phi) is 5.12. The van der Waals surface area contributed by atoms with Crippen molar-refractivity contribution in [2.75, 3.05) is 33.4 Å². The molecule has 0 spiro atoms. The van der Waals surface area contributed by atoms with Crippen molar-refractivity contribution in [3.05, 3.63) is 0 Å². The largest absolute Gasteiger partial charge is 0.384 e. The lowest BCUT2D eigenvalue weighted by molar-refractivity contribution is 0.113. The Labute approximate surface area is 97.0 Å². The van der Waals surface area contributed by atoms with E-state index in [0.29, 0.717) is 0 Å². The van der Waals surface area contributed by atoms with Crippen LogP contribution in [0.5, 0.6) is 0 Å². The zero-order chi connectivity index (χ0) is 12.2. The van der Waals surface area contributed by atoms with Crippen molar-refractivity contribution in [2.45, 2.75) is 39.0 Å². The lowest BCUT2D eigenvalue weighted by Crippen LogP contribution is -2.31. The number of ether oxygens (including phenoxy) is 1. The standard InChI is InChI=1S/C10H17F2NO.C2H6/c1-14-7-10(2-3-10)6-13-4-8(11)9(12)5-13;1-2/h8-9H,2-7H2,1H3;1-2H3. The highest BCUT2D eigenvalue weighted by Crippen LogP contribution is 2.46.